The summed E-state index contributed by atoms with van der Waals surface area (Å²) < 4.78 is 80.3. The van der Waals surface area contributed by atoms with Gasteiger partial charge >= 0.3 is 18.0 Å². The highest BCUT2D eigenvalue weighted by Crippen LogP contribution is 2.49. The molecule has 0 aromatic carbocycles. The molecule has 12 heteroatoms. The molecule has 0 N–H and O–H groups in total. The van der Waals surface area contributed by atoms with E-state index in [1.807, 2.05) is 0 Å². The van der Waals surface area contributed by atoms with Crippen LogP contribution < -0.4 is 11.2 Å². The van der Waals surface area contributed by atoms with Crippen molar-refractivity contribution in [3.05, 3.63) is 27.2 Å². The van der Waals surface area contributed by atoms with Gasteiger partial charge in [-0.25, -0.2) is 9.78 Å². The fourth-order valence-electron chi connectivity index (χ4n) is 3.84. The monoisotopic (exact) mass is 426 g/mol. The lowest BCUT2D eigenvalue weighted by Crippen LogP contribution is -2.43. The van der Waals surface area contributed by atoms with E-state index in [1.165, 1.54) is 7.05 Å². The first-order valence-electron chi connectivity index (χ1n) is 9.02. The lowest BCUT2D eigenvalue weighted by molar-refractivity contribution is -0.230. The van der Waals surface area contributed by atoms with Crippen LogP contribution in [0.5, 0.6) is 0 Å². The second kappa shape index (κ2) is 6.91. The zero-order valence-electron chi connectivity index (χ0n) is 15.8. The van der Waals surface area contributed by atoms with Gasteiger partial charge in [0, 0.05) is 13.6 Å². The molecule has 0 aliphatic heterocycles. The molecule has 1 fully saturated rings. The van der Waals surface area contributed by atoms with Crippen molar-refractivity contribution < 1.29 is 26.3 Å². The van der Waals surface area contributed by atoms with E-state index in [0.717, 1.165) is 22.4 Å². The summed E-state index contributed by atoms with van der Waals surface area (Å²) in [5, 5.41) is 0. The molecule has 29 heavy (non-hydrogen) atoms. The number of hydrogen-bond acceptors (Lipinski definition) is 3. The molecule has 6 nitrogen and oxygen atoms in total. The molecule has 1 aliphatic carbocycles. The SMILES string of the molecule is Cn1c(=O)n(CC2CCC(C)(C(F)(F)F)CC2)c(=O)c2c1ncn2CC(F)(F)F. The number of rotatable bonds is 3. The van der Waals surface area contributed by atoms with E-state index in [1.54, 1.807) is 0 Å². The van der Waals surface area contributed by atoms with Crippen LogP contribution in [0.15, 0.2) is 15.9 Å². The minimum absolute atomic E-state index is 0.134. The van der Waals surface area contributed by atoms with Crippen LogP contribution in [-0.4, -0.2) is 31.0 Å². The molecular formula is C17H20F6N4O2. The maximum absolute atomic E-state index is 13.2. The van der Waals surface area contributed by atoms with E-state index in [4.69, 9.17) is 0 Å². The van der Waals surface area contributed by atoms with Crippen molar-refractivity contribution in [1.29, 1.82) is 0 Å². The van der Waals surface area contributed by atoms with Crippen molar-refractivity contribution in [3.63, 3.8) is 0 Å². The third kappa shape index (κ3) is 3.93. The molecular weight excluding hydrogens is 406 g/mol. The van der Waals surface area contributed by atoms with Gasteiger partial charge in [-0.3, -0.25) is 13.9 Å². The Balaban J connectivity index is 1.94. The van der Waals surface area contributed by atoms with Gasteiger partial charge in [0.15, 0.2) is 11.2 Å². The molecule has 0 saturated heterocycles. The first-order valence-corrected chi connectivity index (χ1v) is 9.02. The van der Waals surface area contributed by atoms with Crippen molar-refractivity contribution in [3.8, 4) is 0 Å². The van der Waals surface area contributed by atoms with E-state index in [2.05, 4.69) is 4.98 Å². The minimum Gasteiger partial charge on any atom is -0.316 e. The number of halogens is 6. The Bertz CT molecular complexity index is 1020. The van der Waals surface area contributed by atoms with E-state index in [-0.39, 0.29) is 49.3 Å². The van der Waals surface area contributed by atoms with Crippen LogP contribution in [0.4, 0.5) is 26.3 Å². The van der Waals surface area contributed by atoms with Crippen LogP contribution in [0.2, 0.25) is 0 Å². The van der Waals surface area contributed by atoms with E-state index in [0.29, 0.717) is 4.57 Å². The van der Waals surface area contributed by atoms with Crippen molar-refractivity contribution in [2.24, 2.45) is 18.4 Å². The second-order valence-electron chi connectivity index (χ2n) is 7.92. The number of alkyl halides is 6. The molecule has 0 atom stereocenters. The molecule has 3 rings (SSSR count). The van der Waals surface area contributed by atoms with Crippen molar-refractivity contribution in [1.82, 2.24) is 18.7 Å². The van der Waals surface area contributed by atoms with Gasteiger partial charge < -0.3 is 4.57 Å². The van der Waals surface area contributed by atoms with Crippen LogP contribution in [-0.2, 0) is 20.1 Å². The third-order valence-electron chi connectivity index (χ3n) is 5.79. The van der Waals surface area contributed by atoms with E-state index in [9.17, 15) is 35.9 Å². The first kappa shape index (κ1) is 21.4. The largest absolute Gasteiger partial charge is 0.406 e. The lowest BCUT2D eigenvalue weighted by atomic mass is 9.71. The summed E-state index contributed by atoms with van der Waals surface area (Å²) in [6.07, 6.45) is -8.04. The van der Waals surface area contributed by atoms with Gasteiger partial charge in [-0.2, -0.15) is 26.3 Å². The fourth-order valence-corrected chi connectivity index (χ4v) is 3.84. The molecule has 0 bridgehead atoms. The highest BCUT2D eigenvalue weighted by Gasteiger charge is 2.52. The van der Waals surface area contributed by atoms with Crippen molar-refractivity contribution >= 4 is 11.2 Å². The van der Waals surface area contributed by atoms with Gasteiger partial charge in [0.2, 0.25) is 0 Å². The lowest BCUT2D eigenvalue weighted by Gasteiger charge is -2.38. The zero-order valence-corrected chi connectivity index (χ0v) is 15.8. The van der Waals surface area contributed by atoms with E-state index >= 15 is 0 Å². The van der Waals surface area contributed by atoms with Crippen LogP contribution in [0.1, 0.15) is 32.6 Å². The number of aromatic nitrogens is 4. The topological polar surface area (TPSA) is 61.8 Å². The molecule has 162 valence electrons. The normalized spacial score (nSPS) is 23.7. The summed E-state index contributed by atoms with van der Waals surface area (Å²) in [5.41, 5.74) is -4.03. The first-order chi connectivity index (χ1) is 13.2. The maximum atomic E-state index is 13.2. The summed E-state index contributed by atoms with van der Waals surface area (Å²) in [6, 6.07) is 0. The Hall–Kier alpha value is -2.27. The smallest absolute Gasteiger partial charge is 0.316 e. The minimum atomic E-state index is -4.59. The Kier molecular flexibility index (Phi) is 5.11. The standard InChI is InChI=1S/C17H20F6N4O2/c1-15(17(21,22)23)5-3-10(4-6-15)7-27-13(28)11-12(25(2)14(27)29)24-9-26(11)8-16(18,19)20/h9-10H,3-8H2,1-2H3. The van der Waals surface area contributed by atoms with Gasteiger partial charge in [0.05, 0.1) is 11.7 Å². The van der Waals surface area contributed by atoms with Gasteiger partial charge in [-0.15, -0.1) is 0 Å². The Morgan fingerprint density at radius 1 is 1.14 bits per heavy atom. The Morgan fingerprint density at radius 3 is 2.24 bits per heavy atom. The zero-order chi connectivity index (χ0) is 21.8. The summed E-state index contributed by atoms with van der Waals surface area (Å²) in [7, 11) is 1.28. The molecule has 2 heterocycles. The Labute approximate surface area is 160 Å². The fraction of sp³-hybridized carbons (Fsp3) is 0.706. The maximum Gasteiger partial charge on any atom is 0.406 e. The number of fused-ring (bicyclic) bond motifs is 1. The molecule has 0 unspecified atom stereocenters. The molecule has 2 aromatic heterocycles. The molecule has 0 radical (unpaired) electrons. The second-order valence-corrected chi connectivity index (χ2v) is 7.92. The predicted molar refractivity (Wildman–Crippen MR) is 91.4 cm³/mol. The summed E-state index contributed by atoms with van der Waals surface area (Å²) in [4.78, 5) is 29.0. The summed E-state index contributed by atoms with van der Waals surface area (Å²) in [5.74, 6) is -0.354. The van der Waals surface area contributed by atoms with Gasteiger partial charge in [0.1, 0.15) is 6.54 Å². The molecule has 0 spiro atoms. The number of imidazole rings is 1. The highest BCUT2D eigenvalue weighted by molar-refractivity contribution is 5.69. The summed E-state index contributed by atoms with van der Waals surface area (Å²) in [6.45, 7) is -0.437. The van der Waals surface area contributed by atoms with Crippen LogP contribution in [0.25, 0.3) is 11.2 Å². The summed E-state index contributed by atoms with van der Waals surface area (Å²) >= 11 is 0. The third-order valence-corrected chi connectivity index (χ3v) is 5.79. The van der Waals surface area contributed by atoms with Gasteiger partial charge in [-0.1, -0.05) is 6.92 Å². The number of nitrogens with zero attached hydrogens (tertiary/aromatic N) is 4. The van der Waals surface area contributed by atoms with Crippen LogP contribution in [0.3, 0.4) is 0 Å². The van der Waals surface area contributed by atoms with Crippen LogP contribution >= 0.6 is 0 Å². The van der Waals surface area contributed by atoms with Crippen molar-refractivity contribution in [2.45, 2.75) is 58.0 Å². The van der Waals surface area contributed by atoms with Crippen molar-refractivity contribution in [2.75, 3.05) is 0 Å². The highest BCUT2D eigenvalue weighted by atomic mass is 19.4. The molecule has 2 aromatic rings. The quantitative estimate of drug-likeness (QED) is 0.709. The predicted octanol–water partition coefficient (Wildman–Crippen LogP) is 3.22. The number of hydrogen-bond donors (Lipinski definition) is 0. The molecule has 0 amide bonds. The van der Waals surface area contributed by atoms with Gasteiger partial charge in [-0.05, 0) is 31.6 Å². The average molecular weight is 426 g/mol. The van der Waals surface area contributed by atoms with Gasteiger partial charge in [0.25, 0.3) is 5.56 Å². The Morgan fingerprint density at radius 2 is 1.72 bits per heavy atom. The molecule has 1 aliphatic rings. The molecule has 1 saturated carbocycles. The van der Waals surface area contributed by atoms with E-state index < -0.39 is 35.6 Å². The van der Waals surface area contributed by atoms with Crippen LogP contribution in [0, 0.1) is 11.3 Å². The number of aryl methyl sites for hydroxylation is 1. The average Bonchev–Trinajstić information content (AvgIpc) is 2.99.